The molecule has 8 rings (SSSR count). The van der Waals surface area contributed by atoms with Gasteiger partial charge in [-0.15, -0.1) is 0 Å². The predicted octanol–water partition coefficient (Wildman–Crippen LogP) is 7.36. The molecule has 0 bridgehead atoms. The van der Waals surface area contributed by atoms with Crippen molar-refractivity contribution in [3.8, 4) is 11.5 Å². The highest BCUT2D eigenvalue weighted by Crippen LogP contribution is 2.65. The second-order valence-corrected chi connectivity index (χ2v) is 15.5. The van der Waals surface area contributed by atoms with Crippen LogP contribution >= 0.6 is 39.1 Å². The molecule has 0 radical (unpaired) electrons. The molecule has 14 heteroatoms. The second-order valence-electron chi connectivity index (χ2n) is 13.8. The largest absolute Gasteiger partial charge is 0.508 e. The van der Waals surface area contributed by atoms with E-state index >= 15 is 4.79 Å². The van der Waals surface area contributed by atoms with Crippen molar-refractivity contribution in [3.63, 3.8) is 0 Å². The lowest BCUT2D eigenvalue weighted by Gasteiger charge is -2.50. The average molecular weight is 832 g/mol. The monoisotopic (exact) mass is 829 g/mol. The molecule has 2 aliphatic heterocycles. The number of hydrogen-bond acceptors (Lipinski definition) is 8. The number of hydrogen-bond donors (Lipinski definition) is 3. The van der Waals surface area contributed by atoms with Crippen molar-refractivity contribution in [2.75, 3.05) is 17.4 Å². The molecule has 2 heterocycles. The number of aromatic carboxylic acids is 1. The van der Waals surface area contributed by atoms with Crippen molar-refractivity contribution in [2.45, 2.75) is 24.2 Å². The number of halogens is 3. The number of phenols is 1. The van der Waals surface area contributed by atoms with Gasteiger partial charge in [0.15, 0.2) is 0 Å². The summed E-state index contributed by atoms with van der Waals surface area (Å²) in [6.07, 6.45) is 2.00. The summed E-state index contributed by atoms with van der Waals surface area (Å²) >= 11 is 16.2. The summed E-state index contributed by atoms with van der Waals surface area (Å²) in [5, 5.41) is 22.7. The van der Waals surface area contributed by atoms with Crippen LogP contribution in [-0.4, -0.2) is 51.9 Å². The van der Waals surface area contributed by atoms with Crippen LogP contribution in [0.2, 0.25) is 10.0 Å². The Bertz CT molecular complexity index is 2330. The quantitative estimate of drug-likeness (QED) is 0.128. The molecule has 0 spiro atoms. The number of carbonyl (C=O) groups is 5. The number of ether oxygens (including phenoxy) is 1. The summed E-state index contributed by atoms with van der Waals surface area (Å²) < 4.78 is 6.04. The third-order valence-electron chi connectivity index (χ3n) is 11.2. The van der Waals surface area contributed by atoms with Crippen LogP contribution in [0, 0.1) is 23.7 Å². The number of imide groups is 2. The van der Waals surface area contributed by atoms with Crippen LogP contribution in [0.15, 0.2) is 101 Å². The zero-order valence-corrected chi connectivity index (χ0v) is 31.4. The van der Waals surface area contributed by atoms with Crippen LogP contribution in [0.1, 0.15) is 40.2 Å². The molecule has 11 nitrogen and oxygen atoms in total. The minimum Gasteiger partial charge on any atom is -0.508 e. The molecule has 0 unspecified atom stereocenters. The number of hydrazine groups is 1. The molecule has 2 saturated heterocycles. The highest BCUT2D eigenvalue weighted by Gasteiger charge is 2.70. The van der Waals surface area contributed by atoms with Gasteiger partial charge in [-0.1, -0.05) is 69.0 Å². The van der Waals surface area contributed by atoms with Crippen LogP contribution in [0.4, 0.5) is 11.4 Å². The van der Waals surface area contributed by atoms with Crippen molar-refractivity contribution < 1.29 is 38.9 Å². The Balaban J connectivity index is 1.33. The van der Waals surface area contributed by atoms with Crippen LogP contribution in [-0.2, 0) is 24.6 Å². The van der Waals surface area contributed by atoms with E-state index in [1.807, 2.05) is 6.08 Å². The van der Waals surface area contributed by atoms with Gasteiger partial charge in [0, 0.05) is 21.0 Å². The van der Waals surface area contributed by atoms with Gasteiger partial charge in [-0.25, -0.2) is 4.79 Å². The lowest BCUT2D eigenvalue weighted by Crippen LogP contribution is -2.53. The number of aromatic hydroxyl groups is 1. The van der Waals surface area contributed by atoms with Gasteiger partial charge in [-0.2, -0.15) is 5.01 Å². The standard InChI is InChI=1S/C40H30BrCl2N3O8/c1-54-24-9-5-20(6-10-24)40-29(36(49)46(39(40)53)44-31-13-8-22(42)17-30(31)43)18-27-25(34(40)28-16-21(41)7-14-32(28)47)11-12-26-33(27)37(50)45(35(26)48)23-4-2-3-19(15-23)38(51)52/h2-11,13-17,26-27,29,33-34,44,47H,12,18H2,1H3,(H,51,52)/t26-,27+,29-,33-,34+,40+/m0/s1. The Kier molecular flexibility index (Phi) is 8.82. The van der Waals surface area contributed by atoms with Gasteiger partial charge in [0.1, 0.15) is 11.5 Å². The van der Waals surface area contributed by atoms with Gasteiger partial charge < -0.3 is 14.9 Å². The Morgan fingerprint density at radius 2 is 1.69 bits per heavy atom. The number of carbonyl (C=O) groups excluding carboxylic acids is 4. The first-order chi connectivity index (χ1) is 25.9. The molecule has 4 aromatic carbocycles. The van der Waals surface area contributed by atoms with E-state index in [0.29, 0.717) is 31.9 Å². The molecule has 6 atom stereocenters. The minimum absolute atomic E-state index is 0.00340. The maximum absolute atomic E-state index is 15.4. The minimum atomic E-state index is -1.66. The number of rotatable bonds is 7. The van der Waals surface area contributed by atoms with Crippen molar-refractivity contribution in [1.82, 2.24) is 5.01 Å². The summed E-state index contributed by atoms with van der Waals surface area (Å²) in [7, 11) is 1.51. The van der Waals surface area contributed by atoms with E-state index in [9.17, 15) is 29.4 Å². The van der Waals surface area contributed by atoms with Crippen molar-refractivity contribution in [1.29, 1.82) is 0 Å². The van der Waals surface area contributed by atoms with Crippen LogP contribution in [0.3, 0.4) is 0 Å². The third-order valence-corrected chi connectivity index (χ3v) is 12.3. The first-order valence-corrected chi connectivity index (χ1v) is 18.6. The highest BCUT2D eigenvalue weighted by atomic mass is 79.9. The SMILES string of the molecule is COc1ccc([C@@]23C(=O)N(Nc4ccc(Cl)cc4Cl)C(=O)[C@@H]2C[C@@H]2C(=CC[C@@H]4C(=O)N(c5cccc(C(=O)O)c5)C(=O)[C@@H]42)[C@@H]3c2cc(Br)ccc2O)cc1. The number of phenolic OH excluding ortho intramolecular Hbond substituents is 1. The van der Waals surface area contributed by atoms with Gasteiger partial charge in [-0.3, -0.25) is 29.5 Å². The Morgan fingerprint density at radius 3 is 2.39 bits per heavy atom. The Morgan fingerprint density at radius 1 is 0.926 bits per heavy atom. The summed E-state index contributed by atoms with van der Waals surface area (Å²) in [5.74, 6) is -7.60. The van der Waals surface area contributed by atoms with Crippen molar-refractivity contribution in [3.05, 3.63) is 128 Å². The van der Waals surface area contributed by atoms with Gasteiger partial charge in [-0.05, 0) is 91.1 Å². The van der Waals surface area contributed by atoms with E-state index in [0.717, 1.165) is 9.91 Å². The summed E-state index contributed by atoms with van der Waals surface area (Å²) in [4.78, 5) is 71.7. The van der Waals surface area contributed by atoms with Gasteiger partial charge in [0.25, 0.3) is 11.8 Å². The molecule has 274 valence electrons. The molecule has 2 aliphatic carbocycles. The fourth-order valence-corrected chi connectivity index (χ4v) is 9.81. The number of carboxylic acids is 1. The molecular formula is C40H30BrCl2N3O8. The van der Waals surface area contributed by atoms with Crippen molar-refractivity contribution >= 4 is 80.1 Å². The van der Waals surface area contributed by atoms with E-state index in [2.05, 4.69) is 21.4 Å². The molecule has 4 amide bonds. The lowest BCUT2D eigenvalue weighted by molar-refractivity contribution is -0.138. The molecule has 1 saturated carbocycles. The third kappa shape index (κ3) is 5.33. The number of benzene rings is 4. The topological polar surface area (TPSA) is 154 Å². The molecule has 4 aliphatic rings. The number of fused-ring (bicyclic) bond motifs is 4. The Labute approximate surface area is 327 Å². The van der Waals surface area contributed by atoms with Gasteiger partial charge in [0.05, 0.1) is 52.2 Å². The first kappa shape index (κ1) is 35.8. The number of anilines is 2. The van der Waals surface area contributed by atoms with Crippen LogP contribution < -0.4 is 15.1 Å². The van der Waals surface area contributed by atoms with Gasteiger partial charge >= 0.3 is 5.97 Å². The maximum atomic E-state index is 15.4. The van der Waals surface area contributed by atoms with E-state index in [1.165, 1.54) is 43.5 Å². The predicted molar refractivity (Wildman–Crippen MR) is 202 cm³/mol. The smallest absolute Gasteiger partial charge is 0.335 e. The molecule has 0 aromatic heterocycles. The molecule has 3 fully saturated rings. The fraction of sp³-hybridized carbons (Fsp3) is 0.225. The molecule has 4 aromatic rings. The molecule has 54 heavy (non-hydrogen) atoms. The zero-order chi connectivity index (χ0) is 38.2. The summed E-state index contributed by atoms with van der Waals surface area (Å²) in [5.41, 5.74) is 3.03. The second kappa shape index (κ2) is 13.3. The molecular weight excluding hydrogens is 801 g/mol. The van der Waals surface area contributed by atoms with E-state index in [4.69, 9.17) is 27.9 Å². The van der Waals surface area contributed by atoms with Crippen LogP contribution in [0.25, 0.3) is 0 Å². The highest BCUT2D eigenvalue weighted by molar-refractivity contribution is 9.10. The van der Waals surface area contributed by atoms with Crippen LogP contribution in [0.5, 0.6) is 11.5 Å². The summed E-state index contributed by atoms with van der Waals surface area (Å²) in [6.45, 7) is 0. The fourth-order valence-electron chi connectivity index (χ4n) is 8.98. The van der Waals surface area contributed by atoms with E-state index < -0.39 is 64.6 Å². The van der Waals surface area contributed by atoms with E-state index in [1.54, 1.807) is 48.5 Å². The number of nitrogens with zero attached hydrogens (tertiary/aromatic N) is 2. The maximum Gasteiger partial charge on any atom is 0.335 e. The van der Waals surface area contributed by atoms with E-state index in [-0.39, 0.29) is 40.6 Å². The number of nitrogens with one attached hydrogen (secondary N) is 1. The average Bonchev–Trinajstić information content (AvgIpc) is 3.54. The zero-order valence-electron chi connectivity index (χ0n) is 28.3. The Hall–Kier alpha value is -5.17. The summed E-state index contributed by atoms with van der Waals surface area (Å²) in [6, 6.07) is 21.9. The lowest BCUT2D eigenvalue weighted by atomic mass is 9.49. The first-order valence-electron chi connectivity index (χ1n) is 17.0. The number of methoxy groups -OCH3 is 1. The number of amides is 4. The van der Waals surface area contributed by atoms with Gasteiger partial charge in [0.2, 0.25) is 11.8 Å². The number of carboxylic acid groups (broad SMARTS) is 1. The van der Waals surface area contributed by atoms with Crippen molar-refractivity contribution in [2.24, 2.45) is 23.7 Å². The molecule has 3 N–H and O–H groups in total. The number of allylic oxidation sites excluding steroid dienone is 2. The normalized spacial score (nSPS) is 25.9.